The van der Waals surface area contributed by atoms with Crippen LogP contribution in [0.5, 0.6) is 0 Å². The predicted molar refractivity (Wildman–Crippen MR) is 88.4 cm³/mol. The Hall–Kier alpha value is -3.21. The lowest BCUT2D eigenvalue weighted by Gasteiger charge is -2.12. The molecule has 0 saturated carbocycles. The maximum Gasteiger partial charge on any atom is 0.354 e. The van der Waals surface area contributed by atoms with Crippen LogP contribution in [0.2, 0.25) is 0 Å². The number of aromatic carboxylic acids is 1. The molecule has 0 unspecified atom stereocenters. The lowest BCUT2D eigenvalue weighted by molar-refractivity contribution is -0.114. The highest BCUT2D eigenvalue weighted by Gasteiger charge is 2.14. The zero-order valence-corrected chi connectivity index (χ0v) is 12.4. The van der Waals surface area contributed by atoms with E-state index in [-0.39, 0.29) is 11.6 Å². The summed E-state index contributed by atoms with van der Waals surface area (Å²) in [5, 5.41) is 12.8. The fraction of sp³-hybridized carbons (Fsp3) is 0.0556. The minimum atomic E-state index is -1.11. The number of benzene rings is 2. The molecule has 3 aromatic rings. The Morgan fingerprint density at radius 1 is 1.04 bits per heavy atom. The SMILES string of the molecule is CC(=O)Nc1cccc2c(-c3ccccc3)cc(C(=O)O)nc12. The van der Waals surface area contributed by atoms with Crippen LogP contribution < -0.4 is 5.32 Å². The first-order valence-corrected chi connectivity index (χ1v) is 7.06. The first-order chi connectivity index (χ1) is 11.1. The third kappa shape index (κ3) is 2.89. The van der Waals surface area contributed by atoms with E-state index in [0.717, 1.165) is 16.5 Å². The van der Waals surface area contributed by atoms with Gasteiger partial charge in [0.1, 0.15) is 5.69 Å². The van der Waals surface area contributed by atoms with Crippen molar-refractivity contribution in [2.45, 2.75) is 6.92 Å². The molecular weight excluding hydrogens is 292 g/mol. The van der Waals surface area contributed by atoms with Gasteiger partial charge in [0.25, 0.3) is 0 Å². The number of carbonyl (C=O) groups excluding carboxylic acids is 1. The first-order valence-electron chi connectivity index (χ1n) is 7.06. The van der Waals surface area contributed by atoms with Crippen LogP contribution in [0.4, 0.5) is 5.69 Å². The highest BCUT2D eigenvalue weighted by molar-refractivity contribution is 6.06. The van der Waals surface area contributed by atoms with Crippen molar-refractivity contribution in [1.29, 1.82) is 0 Å². The van der Waals surface area contributed by atoms with Gasteiger partial charge in [-0.15, -0.1) is 0 Å². The Bertz CT molecular complexity index is 905. The predicted octanol–water partition coefficient (Wildman–Crippen LogP) is 3.56. The van der Waals surface area contributed by atoms with Crippen molar-refractivity contribution in [3.05, 3.63) is 60.3 Å². The molecule has 0 aliphatic carbocycles. The summed E-state index contributed by atoms with van der Waals surface area (Å²) >= 11 is 0. The lowest BCUT2D eigenvalue weighted by Crippen LogP contribution is -2.08. The molecule has 0 spiro atoms. The topological polar surface area (TPSA) is 79.3 Å². The van der Waals surface area contributed by atoms with E-state index >= 15 is 0 Å². The molecule has 2 aromatic carbocycles. The average Bonchev–Trinajstić information content (AvgIpc) is 2.54. The second-order valence-electron chi connectivity index (χ2n) is 5.11. The molecule has 0 atom stereocenters. The number of carbonyl (C=O) groups is 2. The number of anilines is 1. The standard InChI is InChI=1S/C18H14N2O3/c1-11(21)19-15-9-5-8-13-14(12-6-3-2-4-7-12)10-16(18(22)23)20-17(13)15/h2-10H,1H3,(H,19,21)(H,22,23). The van der Waals surface area contributed by atoms with Crippen LogP contribution in [0.15, 0.2) is 54.6 Å². The number of hydrogen-bond acceptors (Lipinski definition) is 3. The van der Waals surface area contributed by atoms with Crippen LogP contribution in [0.1, 0.15) is 17.4 Å². The number of para-hydroxylation sites is 1. The van der Waals surface area contributed by atoms with Gasteiger partial charge in [0.2, 0.25) is 5.91 Å². The largest absolute Gasteiger partial charge is 0.477 e. The Kier molecular flexibility index (Phi) is 3.76. The van der Waals surface area contributed by atoms with Gasteiger partial charge in [-0.2, -0.15) is 0 Å². The Balaban J connectivity index is 2.35. The molecule has 0 aliphatic rings. The van der Waals surface area contributed by atoms with E-state index in [9.17, 15) is 14.7 Å². The smallest absolute Gasteiger partial charge is 0.354 e. The van der Waals surface area contributed by atoms with E-state index in [2.05, 4.69) is 10.3 Å². The highest BCUT2D eigenvalue weighted by Crippen LogP contribution is 2.32. The summed E-state index contributed by atoms with van der Waals surface area (Å²) in [6, 6.07) is 16.4. The molecule has 114 valence electrons. The maximum absolute atomic E-state index is 11.4. The van der Waals surface area contributed by atoms with E-state index in [1.165, 1.54) is 6.92 Å². The van der Waals surface area contributed by atoms with Gasteiger partial charge in [0.15, 0.2) is 0 Å². The van der Waals surface area contributed by atoms with Crippen molar-refractivity contribution < 1.29 is 14.7 Å². The number of carboxylic acids is 1. The monoisotopic (exact) mass is 306 g/mol. The number of hydrogen-bond donors (Lipinski definition) is 2. The van der Waals surface area contributed by atoms with Crippen molar-refractivity contribution >= 4 is 28.5 Å². The minimum Gasteiger partial charge on any atom is -0.477 e. The Morgan fingerprint density at radius 3 is 2.43 bits per heavy atom. The van der Waals surface area contributed by atoms with Crippen LogP contribution >= 0.6 is 0 Å². The maximum atomic E-state index is 11.4. The van der Waals surface area contributed by atoms with Crippen molar-refractivity contribution in [3.63, 3.8) is 0 Å². The molecule has 0 aliphatic heterocycles. The zero-order chi connectivity index (χ0) is 16.4. The highest BCUT2D eigenvalue weighted by atomic mass is 16.4. The van der Waals surface area contributed by atoms with Gasteiger partial charge >= 0.3 is 5.97 Å². The Labute approximate surface area is 132 Å². The zero-order valence-electron chi connectivity index (χ0n) is 12.4. The number of fused-ring (bicyclic) bond motifs is 1. The molecular formula is C18H14N2O3. The summed E-state index contributed by atoms with van der Waals surface area (Å²) < 4.78 is 0. The van der Waals surface area contributed by atoms with Crippen LogP contribution in [0.3, 0.4) is 0 Å². The number of aromatic nitrogens is 1. The number of rotatable bonds is 3. The van der Waals surface area contributed by atoms with Crippen LogP contribution in [0.25, 0.3) is 22.0 Å². The van der Waals surface area contributed by atoms with Crippen molar-refractivity contribution in [1.82, 2.24) is 4.98 Å². The first kappa shape index (κ1) is 14.7. The van der Waals surface area contributed by atoms with E-state index in [1.807, 2.05) is 42.5 Å². The minimum absolute atomic E-state index is 0.0610. The summed E-state index contributed by atoms with van der Waals surface area (Å²) in [5.74, 6) is -1.34. The number of amides is 1. The lowest BCUT2D eigenvalue weighted by atomic mass is 9.99. The molecule has 5 nitrogen and oxygen atoms in total. The molecule has 1 heterocycles. The molecule has 23 heavy (non-hydrogen) atoms. The van der Waals surface area contributed by atoms with E-state index in [1.54, 1.807) is 12.1 Å². The molecule has 5 heteroatoms. The van der Waals surface area contributed by atoms with Gasteiger partial charge < -0.3 is 10.4 Å². The van der Waals surface area contributed by atoms with Crippen LogP contribution in [0, 0.1) is 0 Å². The van der Waals surface area contributed by atoms with E-state index in [4.69, 9.17) is 0 Å². The fourth-order valence-electron chi connectivity index (χ4n) is 2.51. The summed E-state index contributed by atoms with van der Waals surface area (Å²) in [6.45, 7) is 1.40. The number of carboxylic acid groups (broad SMARTS) is 1. The molecule has 1 aromatic heterocycles. The summed E-state index contributed by atoms with van der Waals surface area (Å²) in [5.41, 5.74) is 2.55. The van der Waals surface area contributed by atoms with Gasteiger partial charge in [0, 0.05) is 12.3 Å². The molecule has 1 amide bonds. The van der Waals surface area contributed by atoms with E-state index in [0.29, 0.717) is 11.2 Å². The molecule has 3 rings (SSSR count). The van der Waals surface area contributed by atoms with Gasteiger partial charge in [-0.1, -0.05) is 42.5 Å². The third-order valence-corrected chi connectivity index (χ3v) is 3.45. The number of nitrogens with one attached hydrogen (secondary N) is 1. The number of pyridine rings is 1. The van der Waals surface area contributed by atoms with Gasteiger partial charge in [0.05, 0.1) is 11.2 Å². The molecule has 0 radical (unpaired) electrons. The third-order valence-electron chi connectivity index (χ3n) is 3.45. The van der Waals surface area contributed by atoms with Crippen molar-refractivity contribution in [2.75, 3.05) is 5.32 Å². The quantitative estimate of drug-likeness (QED) is 0.775. The molecule has 0 bridgehead atoms. The summed E-state index contributed by atoms with van der Waals surface area (Å²) in [6.07, 6.45) is 0. The fourth-order valence-corrected chi connectivity index (χ4v) is 2.51. The van der Waals surface area contributed by atoms with Gasteiger partial charge in [-0.05, 0) is 23.3 Å². The Morgan fingerprint density at radius 2 is 1.78 bits per heavy atom. The second-order valence-corrected chi connectivity index (χ2v) is 5.11. The van der Waals surface area contributed by atoms with E-state index < -0.39 is 5.97 Å². The van der Waals surface area contributed by atoms with Crippen LogP contribution in [-0.2, 0) is 4.79 Å². The van der Waals surface area contributed by atoms with Crippen LogP contribution in [-0.4, -0.2) is 22.0 Å². The average molecular weight is 306 g/mol. The molecule has 0 saturated heterocycles. The van der Waals surface area contributed by atoms with Gasteiger partial charge in [-0.25, -0.2) is 9.78 Å². The van der Waals surface area contributed by atoms with Crippen molar-refractivity contribution in [2.24, 2.45) is 0 Å². The normalized spacial score (nSPS) is 10.5. The second kappa shape index (κ2) is 5.88. The van der Waals surface area contributed by atoms with Gasteiger partial charge in [-0.3, -0.25) is 4.79 Å². The number of nitrogens with zero attached hydrogens (tertiary/aromatic N) is 1. The summed E-state index contributed by atoms with van der Waals surface area (Å²) in [4.78, 5) is 27.0. The van der Waals surface area contributed by atoms with Crippen molar-refractivity contribution in [3.8, 4) is 11.1 Å². The molecule has 0 fully saturated rings. The summed E-state index contributed by atoms with van der Waals surface area (Å²) in [7, 11) is 0. The molecule has 2 N–H and O–H groups in total.